The number of anilines is 1. The number of benzene rings is 1. The zero-order chi connectivity index (χ0) is 17.3. The largest absolute Gasteiger partial charge is 0.389 e. The normalized spacial score (nSPS) is 12.5. The van der Waals surface area contributed by atoms with Crippen LogP contribution in [-0.2, 0) is 9.59 Å². The number of para-hydroxylation sites is 1. The van der Waals surface area contributed by atoms with Crippen molar-refractivity contribution in [1.82, 2.24) is 5.32 Å². The summed E-state index contributed by atoms with van der Waals surface area (Å²) in [5.41, 5.74) is -0.296. The van der Waals surface area contributed by atoms with Crippen molar-refractivity contribution in [2.24, 2.45) is 0 Å². The number of carbonyl (C=O) groups excluding carboxylic acids is 2. The highest BCUT2D eigenvalue weighted by atomic mass is 16.3. The van der Waals surface area contributed by atoms with Crippen molar-refractivity contribution in [3.8, 4) is 0 Å². The summed E-state index contributed by atoms with van der Waals surface area (Å²) < 4.78 is 0. The fourth-order valence-corrected chi connectivity index (χ4v) is 2.66. The molecule has 23 heavy (non-hydrogen) atoms. The molecule has 0 saturated heterocycles. The molecule has 128 valence electrons. The Morgan fingerprint density at radius 1 is 1.13 bits per heavy atom. The van der Waals surface area contributed by atoms with Crippen LogP contribution in [0.5, 0.6) is 0 Å². The van der Waals surface area contributed by atoms with E-state index in [4.69, 9.17) is 0 Å². The molecule has 0 saturated carbocycles. The van der Waals surface area contributed by atoms with E-state index in [9.17, 15) is 14.7 Å². The Morgan fingerprint density at radius 3 is 2.22 bits per heavy atom. The molecule has 5 heteroatoms. The lowest BCUT2D eigenvalue weighted by atomic mass is 9.89. The van der Waals surface area contributed by atoms with Gasteiger partial charge in [0.1, 0.15) is 6.04 Å². The smallest absolute Gasteiger partial charge is 0.246 e. The molecule has 0 aliphatic heterocycles. The van der Waals surface area contributed by atoms with E-state index in [2.05, 4.69) is 10.6 Å². The van der Waals surface area contributed by atoms with Crippen LogP contribution in [-0.4, -0.2) is 28.6 Å². The number of rotatable bonds is 9. The van der Waals surface area contributed by atoms with E-state index in [-0.39, 0.29) is 18.2 Å². The molecule has 0 heterocycles. The molecule has 0 aliphatic carbocycles. The quantitative estimate of drug-likeness (QED) is 0.654. The first-order valence-corrected chi connectivity index (χ1v) is 8.28. The Morgan fingerprint density at radius 2 is 1.70 bits per heavy atom. The number of carbonyl (C=O) groups is 2. The number of amides is 2. The van der Waals surface area contributed by atoms with Gasteiger partial charge in [-0.1, -0.05) is 44.9 Å². The van der Waals surface area contributed by atoms with Crippen LogP contribution in [0.2, 0.25) is 0 Å². The second kappa shape index (κ2) is 9.30. The standard InChI is InChI=1S/C18H28N2O3/c1-4-11-18(23,12-5-2)13-16(21)19-14(3)17(22)20-15-9-7-6-8-10-15/h6-10,14,23H,4-5,11-13H2,1-3H3,(H,19,21)(H,20,22). The molecule has 0 aliphatic rings. The van der Waals surface area contributed by atoms with Crippen molar-refractivity contribution in [2.75, 3.05) is 5.32 Å². The van der Waals surface area contributed by atoms with Crippen LogP contribution in [0.15, 0.2) is 30.3 Å². The maximum Gasteiger partial charge on any atom is 0.246 e. The minimum Gasteiger partial charge on any atom is -0.389 e. The van der Waals surface area contributed by atoms with Crippen LogP contribution in [0.4, 0.5) is 5.69 Å². The average Bonchev–Trinajstić information content (AvgIpc) is 2.48. The Hall–Kier alpha value is -1.88. The van der Waals surface area contributed by atoms with Crippen molar-refractivity contribution in [1.29, 1.82) is 0 Å². The van der Waals surface area contributed by atoms with Gasteiger partial charge in [0.2, 0.25) is 11.8 Å². The summed E-state index contributed by atoms with van der Waals surface area (Å²) in [6.07, 6.45) is 2.82. The van der Waals surface area contributed by atoms with E-state index < -0.39 is 11.6 Å². The molecule has 3 N–H and O–H groups in total. The molecule has 0 bridgehead atoms. The maximum atomic E-state index is 12.1. The summed E-state index contributed by atoms with van der Waals surface area (Å²) in [7, 11) is 0. The van der Waals surface area contributed by atoms with E-state index in [0.29, 0.717) is 18.5 Å². The van der Waals surface area contributed by atoms with Gasteiger partial charge >= 0.3 is 0 Å². The topological polar surface area (TPSA) is 78.4 Å². The molecule has 0 spiro atoms. The molecule has 0 fully saturated rings. The average molecular weight is 320 g/mol. The summed E-state index contributed by atoms with van der Waals surface area (Å²) >= 11 is 0. The second-order valence-corrected chi connectivity index (χ2v) is 6.05. The van der Waals surface area contributed by atoms with Crippen LogP contribution in [0.3, 0.4) is 0 Å². The van der Waals surface area contributed by atoms with E-state index in [1.807, 2.05) is 32.0 Å². The Balaban J connectivity index is 2.53. The van der Waals surface area contributed by atoms with Crippen molar-refractivity contribution < 1.29 is 14.7 Å². The van der Waals surface area contributed by atoms with Gasteiger partial charge in [0, 0.05) is 5.69 Å². The minimum atomic E-state index is -0.983. The van der Waals surface area contributed by atoms with Gasteiger partial charge in [-0.3, -0.25) is 9.59 Å². The van der Waals surface area contributed by atoms with Crippen LogP contribution in [0.1, 0.15) is 52.9 Å². The molecule has 1 rings (SSSR count). The molecule has 5 nitrogen and oxygen atoms in total. The predicted molar refractivity (Wildman–Crippen MR) is 92.1 cm³/mol. The van der Waals surface area contributed by atoms with E-state index in [1.54, 1.807) is 19.1 Å². The molecule has 1 atom stereocenters. The third-order valence-corrected chi connectivity index (χ3v) is 3.73. The summed E-state index contributed by atoms with van der Waals surface area (Å²) in [4.78, 5) is 24.2. The maximum absolute atomic E-state index is 12.1. The van der Waals surface area contributed by atoms with Gasteiger partial charge in [0.05, 0.1) is 12.0 Å². The van der Waals surface area contributed by atoms with Gasteiger partial charge in [0.25, 0.3) is 0 Å². The fraction of sp³-hybridized carbons (Fsp3) is 0.556. The molecule has 0 aromatic heterocycles. The fourth-order valence-electron chi connectivity index (χ4n) is 2.66. The second-order valence-electron chi connectivity index (χ2n) is 6.05. The predicted octanol–water partition coefficient (Wildman–Crippen LogP) is 2.85. The van der Waals surface area contributed by atoms with Crippen molar-refractivity contribution >= 4 is 17.5 Å². The monoisotopic (exact) mass is 320 g/mol. The first-order valence-electron chi connectivity index (χ1n) is 8.28. The lowest BCUT2D eigenvalue weighted by Crippen LogP contribution is -2.45. The highest BCUT2D eigenvalue weighted by Gasteiger charge is 2.29. The van der Waals surface area contributed by atoms with Crippen molar-refractivity contribution in [3.63, 3.8) is 0 Å². The Labute approximate surface area is 138 Å². The van der Waals surface area contributed by atoms with Crippen molar-refractivity contribution in [2.45, 2.75) is 64.5 Å². The molecule has 1 aromatic rings. The zero-order valence-corrected chi connectivity index (χ0v) is 14.3. The summed E-state index contributed by atoms with van der Waals surface area (Å²) in [5, 5.41) is 15.9. The lowest BCUT2D eigenvalue weighted by Gasteiger charge is -2.27. The summed E-state index contributed by atoms with van der Waals surface area (Å²) in [5.74, 6) is -0.579. The number of hydrogen-bond acceptors (Lipinski definition) is 3. The van der Waals surface area contributed by atoms with Gasteiger partial charge in [0.15, 0.2) is 0 Å². The molecule has 0 radical (unpaired) electrons. The molecular weight excluding hydrogens is 292 g/mol. The SMILES string of the molecule is CCCC(O)(CCC)CC(=O)NC(C)C(=O)Nc1ccccc1. The van der Waals surface area contributed by atoms with Crippen molar-refractivity contribution in [3.05, 3.63) is 30.3 Å². The van der Waals surface area contributed by atoms with Gasteiger partial charge in [-0.25, -0.2) is 0 Å². The summed E-state index contributed by atoms with van der Waals surface area (Å²) in [6, 6.07) is 8.43. The Kier molecular flexibility index (Phi) is 7.75. The van der Waals surface area contributed by atoms with Gasteiger partial charge in [-0.15, -0.1) is 0 Å². The van der Waals surface area contributed by atoms with Crippen LogP contribution < -0.4 is 10.6 Å². The van der Waals surface area contributed by atoms with Crippen LogP contribution in [0.25, 0.3) is 0 Å². The van der Waals surface area contributed by atoms with E-state index in [0.717, 1.165) is 12.8 Å². The molecular formula is C18H28N2O3. The zero-order valence-electron chi connectivity index (χ0n) is 14.3. The Bertz CT molecular complexity index is 496. The first kappa shape index (κ1) is 19.2. The number of nitrogens with one attached hydrogen (secondary N) is 2. The lowest BCUT2D eigenvalue weighted by molar-refractivity contribution is -0.130. The number of aliphatic hydroxyl groups is 1. The van der Waals surface area contributed by atoms with Crippen LogP contribution in [0, 0.1) is 0 Å². The van der Waals surface area contributed by atoms with Gasteiger partial charge in [-0.2, -0.15) is 0 Å². The van der Waals surface area contributed by atoms with Gasteiger partial charge in [-0.05, 0) is 31.9 Å². The van der Waals surface area contributed by atoms with Crippen LogP contribution >= 0.6 is 0 Å². The highest BCUT2D eigenvalue weighted by molar-refractivity contribution is 5.96. The molecule has 2 amide bonds. The third-order valence-electron chi connectivity index (χ3n) is 3.73. The molecule has 1 unspecified atom stereocenters. The molecule has 1 aromatic carbocycles. The first-order chi connectivity index (χ1) is 10.9. The van der Waals surface area contributed by atoms with E-state index in [1.165, 1.54) is 0 Å². The minimum absolute atomic E-state index is 0.0254. The third kappa shape index (κ3) is 6.82. The van der Waals surface area contributed by atoms with E-state index >= 15 is 0 Å². The van der Waals surface area contributed by atoms with Gasteiger partial charge < -0.3 is 15.7 Å². The highest BCUT2D eigenvalue weighted by Crippen LogP contribution is 2.23. The summed E-state index contributed by atoms with van der Waals surface area (Å²) in [6.45, 7) is 5.60. The number of hydrogen-bond donors (Lipinski definition) is 3.